The molecule has 0 aromatic heterocycles. The largest absolute Gasteiger partial charge is 0.508 e. The number of ether oxygens (including phenoxy) is 1. The lowest BCUT2D eigenvalue weighted by molar-refractivity contribution is -0.119. The maximum absolute atomic E-state index is 11.9. The summed E-state index contributed by atoms with van der Waals surface area (Å²) in [5, 5.41) is 16.5. The van der Waals surface area contributed by atoms with Crippen LogP contribution in [0, 0.1) is 0 Å². The third-order valence-corrected chi connectivity index (χ3v) is 3.39. The maximum Gasteiger partial charge on any atom is 0.259 e. The highest BCUT2D eigenvalue weighted by Crippen LogP contribution is 2.14. The number of rotatable bonds is 7. The van der Waals surface area contributed by atoms with Crippen LogP contribution in [0.1, 0.15) is 18.9 Å². The normalized spacial score (nSPS) is 11.0. The Labute approximate surface area is 141 Å². The Kier molecular flexibility index (Phi) is 6.19. The summed E-state index contributed by atoms with van der Waals surface area (Å²) < 4.78 is 5.08. The third kappa shape index (κ3) is 5.01. The summed E-state index contributed by atoms with van der Waals surface area (Å²) in [7, 11) is 1.60. The molecule has 0 aliphatic carbocycles. The lowest BCUT2D eigenvalue weighted by Crippen LogP contribution is -2.27. The van der Waals surface area contributed by atoms with Crippen LogP contribution >= 0.6 is 0 Å². The van der Waals surface area contributed by atoms with E-state index in [9.17, 15) is 9.90 Å². The van der Waals surface area contributed by atoms with Crippen LogP contribution in [0.2, 0.25) is 0 Å². The highest BCUT2D eigenvalue weighted by molar-refractivity contribution is 6.01. The molecule has 0 aliphatic rings. The quantitative estimate of drug-likeness (QED) is 0.539. The molecule has 0 saturated carbocycles. The average Bonchev–Trinajstić information content (AvgIpc) is 2.62. The Morgan fingerprint density at radius 3 is 2.38 bits per heavy atom. The first-order valence-electron chi connectivity index (χ1n) is 7.65. The van der Waals surface area contributed by atoms with Gasteiger partial charge in [0.1, 0.15) is 11.5 Å². The van der Waals surface area contributed by atoms with E-state index < -0.39 is 0 Å². The maximum atomic E-state index is 11.9. The lowest BCUT2D eigenvalue weighted by atomic mass is 10.1. The van der Waals surface area contributed by atoms with Gasteiger partial charge in [-0.05, 0) is 60.5 Å². The molecule has 0 aliphatic heterocycles. The minimum Gasteiger partial charge on any atom is -0.508 e. The van der Waals surface area contributed by atoms with Gasteiger partial charge in [-0.3, -0.25) is 4.79 Å². The van der Waals surface area contributed by atoms with Gasteiger partial charge in [0.05, 0.1) is 19.4 Å². The molecule has 6 nitrogen and oxygen atoms in total. The zero-order valence-electron chi connectivity index (χ0n) is 13.7. The molecule has 24 heavy (non-hydrogen) atoms. The van der Waals surface area contributed by atoms with Gasteiger partial charge < -0.3 is 15.2 Å². The molecular weight excluding hydrogens is 306 g/mol. The molecule has 0 heterocycles. The topological polar surface area (TPSA) is 83.0 Å². The Balaban J connectivity index is 1.89. The molecule has 6 heteroatoms. The van der Waals surface area contributed by atoms with E-state index in [-0.39, 0.29) is 18.2 Å². The summed E-state index contributed by atoms with van der Waals surface area (Å²) in [6, 6.07) is 14.0. The second-order valence-corrected chi connectivity index (χ2v) is 5.08. The first kappa shape index (κ1) is 17.3. The van der Waals surface area contributed by atoms with E-state index >= 15 is 0 Å². The summed E-state index contributed by atoms with van der Waals surface area (Å²) in [6.45, 7) is 2.07. The van der Waals surface area contributed by atoms with Gasteiger partial charge in [-0.15, -0.1) is 0 Å². The minimum atomic E-state index is -0.240. The van der Waals surface area contributed by atoms with E-state index in [0.29, 0.717) is 6.42 Å². The van der Waals surface area contributed by atoms with Crippen molar-refractivity contribution < 1.29 is 14.6 Å². The van der Waals surface area contributed by atoms with Crippen LogP contribution < -0.4 is 15.5 Å². The number of amides is 1. The number of nitrogens with one attached hydrogen (secondary N) is 2. The lowest BCUT2D eigenvalue weighted by Gasteiger charge is -2.08. The number of hydrogen-bond acceptors (Lipinski definition) is 5. The van der Waals surface area contributed by atoms with Crippen molar-refractivity contribution in [3.8, 4) is 11.5 Å². The van der Waals surface area contributed by atoms with Gasteiger partial charge in [0.2, 0.25) is 0 Å². The molecule has 0 unspecified atom stereocenters. The minimum absolute atomic E-state index is 0.113. The summed E-state index contributed by atoms with van der Waals surface area (Å²) in [5.74, 6) is 0.716. The van der Waals surface area contributed by atoms with E-state index in [0.717, 1.165) is 22.7 Å². The van der Waals surface area contributed by atoms with Gasteiger partial charge in [-0.25, -0.2) is 5.43 Å². The molecule has 1 amide bonds. The number of hydrazone groups is 1. The predicted octanol–water partition coefficient (Wildman–Crippen LogP) is 2.74. The Morgan fingerprint density at radius 2 is 1.79 bits per heavy atom. The van der Waals surface area contributed by atoms with Crippen LogP contribution in [0.3, 0.4) is 0 Å². The first-order chi connectivity index (χ1) is 11.6. The molecule has 0 bridgehead atoms. The number of carbonyl (C=O) groups excluding carboxylic acids is 1. The molecule has 126 valence electrons. The number of phenolic OH excluding ortho intramolecular Hbond substituents is 1. The number of benzene rings is 2. The van der Waals surface area contributed by atoms with Crippen molar-refractivity contribution in [2.45, 2.75) is 13.3 Å². The van der Waals surface area contributed by atoms with E-state index in [1.807, 2.05) is 31.2 Å². The van der Waals surface area contributed by atoms with Gasteiger partial charge in [0, 0.05) is 5.69 Å². The van der Waals surface area contributed by atoms with Gasteiger partial charge in [0.25, 0.3) is 5.91 Å². The van der Waals surface area contributed by atoms with Crippen molar-refractivity contribution in [1.82, 2.24) is 5.43 Å². The highest BCUT2D eigenvalue weighted by Gasteiger charge is 2.04. The first-order valence-corrected chi connectivity index (χ1v) is 7.65. The Bertz CT molecular complexity index is 694. The molecule has 2 aromatic rings. The van der Waals surface area contributed by atoms with Gasteiger partial charge >= 0.3 is 0 Å². The standard InChI is InChI=1S/C18H21N3O3/c1-3-17(13-4-8-15(22)9-5-13)20-21-18(23)12-19-14-6-10-16(24-2)11-7-14/h4-11,19,22H,3,12H2,1-2H3,(H,21,23)/b20-17+. The fourth-order valence-electron chi connectivity index (χ4n) is 2.06. The van der Waals surface area contributed by atoms with Crippen molar-refractivity contribution in [2.24, 2.45) is 5.10 Å². The summed E-state index contributed by atoms with van der Waals surface area (Å²) in [5.41, 5.74) is 4.97. The number of nitrogens with zero attached hydrogens (tertiary/aromatic N) is 1. The predicted molar refractivity (Wildman–Crippen MR) is 94.6 cm³/mol. The zero-order chi connectivity index (χ0) is 17.4. The summed E-state index contributed by atoms with van der Waals surface area (Å²) >= 11 is 0. The molecule has 0 spiro atoms. The van der Waals surface area contributed by atoms with Crippen molar-refractivity contribution in [3.63, 3.8) is 0 Å². The van der Waals surface area contributed by atoms with E-state index in [1.54, 1.807) is 31.4 Å². The van der Waals surface area contributed by atoms with Crippen molar-refractivity contribution in [3.05, 3.63) is 54.1 Å². The second kappa shape index (κ2) is 8.57. The fourth-order valence-corrected chi connectivity index (χ4v) is 2.06. The van der Waals surface area contributed by atoms with E-state index in [1.165, 1.54) is 0 Å². The summed E-state index contributed by atoms with van der Waals surface area (Å²) in [6.07, 6.45) is 0.664. The van der Waals surface area contributed by atoms with E-state index in [2.05, 4.69) is 15.8 Å². The van der Waals surface area contributed by atoms with Crippen LogP contribution in [-0.4, -0.2) is 30.4 Å². The van der Waals surface area contributed by atoms with Crippen LogP contribution in [0.15, 0.2) is 53.6 Å². The number of aromatic hydroxyl groups is 1. The Hall–Kier alpha value is -3.02. The van der Waals surface area contributed by atoms with Gasteiger partial charge in [-0.1, -0.05) is 6.92 Å². The second-order valence-electron chi connectivity index (χ2n) is 5.08. The molecule has 0 atom stereocenters. The third-order valence-electron chi connectivity index (χ3n) is 3.39. The van der Waals surface area contributed by atoms with Crippen LogP contribution in [-0.2, 0) is 4.79 Å². The van der Waals surface area contributed by atoms with Gasteiger partial charge in [-0.2, -0.15) is 5.10 Å². The monoisotopic (exact) mass is 327 g/mol. The van der Waals surface area contributed by atoms with Gasteiger partial charge in [0.15, 0.2) is 0 Å². The number of anilines is 1. The smallest absolute Gasteiger partial charge is 0.259 e. The van der Waals surface area contributed by atoms with Crippen LogP contribution in [0.25, 0.3) is 0 Å². The van der Waals surface area contributed by atoms with Crippen LogP contribution in [0.5, 0.6) is 11.5 Å². The molecule has 2 rings (SSSR count). The number of methoxy groups -OCH3 is 1. The molecule has 3 N–H and O–H groups in total. The summed E-state index contributed by atoms with van der Waals surface area (Å²) in [4.78, 5) is 11.9. The average molecular weight is 327 g/mol. The number of hydrogen-bond donors (Lipinski definition) is 3. The Morgan fingerprint density at radius 1 is 1.12 bits per heavy atom. The highest BCUT2D eigenvalue weighted by atomic mass is 16.5. The molecule has 0 saturated heterocycles. The number of carbonyl (C=O) groups is 1. The molecule has 2 aromatic carbocycles. The SMILES string of the molecule is CC/C(=N\NC(=O)CNc1ccc(OC)cc1)c1ccc(O)cc1. The zero-order valence-corrected chi connectivity index (χ0v) is 13.7. The van der Waals surface area contributed by atoms with Crippen molar-refractivity contribution >= 4 is 17.3 Å². The van der Waals surface area contributed by atoms with E-state index in [4.69, 9.17) is 4.74 Å². The molecule has 0 radical (unpaired) electrons. The van der Waals surface area contributed by atoms with Crippen molar-refractivity contribution in [1.29, 1.82) is 0 Å². The fraction of sp³-hybridized carbons (Fsp3) is 0.222. The number of phenols is 1. The molecule has 0 fully saturated rings. The van der Waals surface area contributed by atoms with Crippen LogP contribution in [0.4, 0.5) is 5.69 Å². The van der Waals surface area contributed by atoms with Crippen molar-refractivity contribution in [2.75, 3.05) is 19.0 Å². The molecular formula is C18H21N3O3.